The van der Waals surface area contributed by atoms with Gasteiger partial charge in [-0.25, -0.2) is 0 Å². The van der Waals surface area contributed by atoms with Crippen molar-refractivity contribution >= 4 is 46.1 Å². The lowest BCUT2D eigenvalue weighted by atomic mass is 10.1. The number of rotatable bonds is 2. The number of hydrogen-bond donors (Lipinski definition) is 0. The molecule has 0 amide bonds. The van der Waals surface area contributed by atoms with E-state index in [1.165, 1.54) is 11.3 Å². The van der Waals surface area contributed by atoms with Crippen LogP contribution in [0.2, 0.25) is 9.36 Å². The quantitative estimate of drug-likeness (QED) is 0.646. The molecule has 1 aromatic heterocycles. The second-order valence-electron chi connectivity index (χ2n) is 3.06. The molecule has 0 nitrogen and oxygen atoms in total. The third kappa shape index (κ3) is 2.67. The lowest BCUT2D eigenvalue weighted by molar-refractivity contribution is 1.18. The van der Waals surface area contributed by atoms with Crippen LogP contribution >= 0.6 is 46.1 Å². The van der Waals surface area contributed by atoms with Crippen LogP contribution in [-0.4, -0.2) is 0 Å². The molecule has 1 heterocycles. The van der Waals surface area contributed by atoms with Crippen molar-refractivity contribution in [1.29, 1.82) is 0 Å². The maximum atomic E-state index is 6.31. The Morgan fingerprint density at radius 1 is 1.07 bits per heavy atom. The third-order valence-corrected chi connectivity index (χ3v) is 4.13. The fourth-order valence-electron chi connectivity index (χ4n) is 1.29. The number of hydrogen-bond acceptors (Lipinski definition) is 1. The molecule has 0 fully saturated rings. The molecule has 1 aromatic carbocycles. The van der Waals surface area contributed by atoms with Crippen molar-refractivity contribution in [2.24, 2.45) is 0 Å². The van der Waals surface area contributed by atoms with E-state index < -0.39 is 0 Å². The summed E-state index contributed by atoms with van der Waals surface area (Å²) in [6.45, 7) is 0. The van der Waals surface area contributed by atoms with Gasteiger partial charge in [-0.2, -0.15) is 0 Å². The van der Waals surface area contributed by atoms with E-state index in [0.29, 0.717) is 5.02 Å². The van der Waals surface area contributed by atoms with Gasteiger partial charge in [-0.15, -0.1) is 22.9 Å². The first-order valence-corrected chi connectivity index (χ1v) is 6.32. The van der Waals surface area contributed by atoms with E-state index in [9.17, 15) is 0 Å². The smallest absolute Gasteiger partial charge is 0.0931 e. The van der Waals surface area contributed by atoms with Gasteiger partial charge in [-0.3, -0.25) is 0 Å². The van der Waals surface area contributed by atoms with Gasteiger partial charge < -0.3 is 0 Å². The Morgan fingerprint density at radius 2 is 1.87 bits per heavy atom. The molecule has 0 saturated heterocycles. The van der Waals surface area contributed by atoms with Crippen LogP contribution in [0.15, 0.2) is 36.4 Å². The number of halogens is 3. The van der Waals surface area contributed by atoms with Crippen molar-refractivity contribution < 1.29 is 0 Å². The maximum Gasteiger partial charge on any atom is 0.0931 e. The van der Waals surface area contributed by atoms with E-state index in [1.54, 1.807) is 0 Å². The molecule has 2 rings (SSSR count). The Labute approximate surface area is 107 Å². The highest BCUT2D eigenvalue weighted by atomic mass is 35.5. The van der Waals surface area contributed by atoms with Gasteiger partial charge in [-0.05, 0) is 29.8 Å². The van der Waals surface area contributed by atoms with Crippen LogP contribution in [0, 0.1) is 0 Å². The summed E-state index contributed by atoms with van der Waals surface area (Å²) >= 11 is 19.6. The molecule has 1 atom stereocenters. The van der Waals surface area contributed by atoms with Gasteiger partial charge in [-0.1, -0.05) is 35.3 Å². The van der Waals surface area contributed by atoms with Crippen LogP contribution in [-0.2, 0) is 0 Å². The normalized spacial score (nSPS) is 12.7. The summed E-state index contributed by atoms with van der Waals surface area (Å²) in [5.41, 5.74) is 0.989. The molecule has 0 saturated carbocycles. The standard InChI is InChI=1S/C11H7Cl3S/c12-8-3-1-2-7(6-8)11(14)9-4-5-10(13)15-9/h1-6,11H. The largest absolute Gasteiger partial charge is 0.127 e. The molecule has 0 spiro atoms. The molecule has 78 valence electrons. The van der Waals surface area contributed by atoms with Gasteiger partial charge in [0.05, 0.1) is 9.71 Å². The van der Waals surface area contributed by atoms with Crippen LogP contribution in [0.1, 0.15) is 15.8 Å². The number of thiophene rings is 1. The highest BCUT2D eigenvalue weighted by Gasteiger charge is 2.12. The van der Waals surface area contributed by atoms with Crippen molar-refractivity contribution in [3.8, 4) is 0 Å². The topological polar surface area (TPSA) is 0 Å². The van der Waals surface area contributed by atoms with Crippen molar-refractivity contribution in [2.45, 2.75) is 5.38 Å². The lowest BCUT2D eigenvalue weighted by Gasteiger charge is -2.07. The van der Waals surface area contributed by atoms with Gasteiger partial charge in [0.15, 0.2) is 0 Å². The van der Waals surface area contributed by atoms with E-state index >= 15 is 0 Å². The van der Waals surface area contributed by atoms with Crippen molar-refractivity contribution in [3.63, 3.8) is 0 Å². The van der Waals surface area contributed by atoms with Crippen LogP contribution in [0.5, 0.6) is 0 Å². The molecule has 1 unspecified atom stereocenters. The minimum absolute atomic E-state index is 0.179. The molecule has 0 aliphatic heterocycles. The summed E-state index contributed by atoms with van der Waals surface area (Å²) in [4.78, 5) is 1.03. The van der Waals surface area contributed by atoms with E-state index in [0.717, 1.165) is 14.8 Å². The first-order valence-electron chi connectivity index (χ1n) is 4.31. The number of benzene rings is 1. The van der Waals surface area contributed by atoms with Crippen molar-refractivity contribution in [1.82, 2.24) is 0 Å². The minimum Gasteiger partial charge on any atom is -0.127 e. The second-order valence-corrected chi connectivity index (χ2v) is 5.68. The Balaban J connectivity index is 2.32. The van der Waals surface area contributed by atoms with Gasteiger partial charge in [0.2, 0.25) is 0 Å². The molecular weight excluding hydrogens is 271 g/mol. The Bertz CT molecular complexity index is 464. The Hall–Kier alpha value is -0.210. The molecule has 4 heteroatoms. The monoisotopic (exact) mass is 276 g/mol. The third-order valence-electron chi connectivity index (χ3n) is 1.99. The Kier molecular flexibility index (Phi) is 3.57. The fourth-order valence-corrected chi connectivity index (χ4v) is 2.90. The average Bonchev–Trinajstić information content (AvgIpc) is 2.64. The van der Waals surface area contributed by atoms with Crippen LogP contribution in [0.25, 0.3) is 0 Å². The zero-order chi connectivity index (χ0) is 10.8. The average molecular weight is 278 g/mol. The van der Waals surface area contributed by atoms with Crippen LogP contribution in [0.3, 0.4) is 0 Å². The summed E-state index contributed by atoms with van der Waals surface area (Å²) in [5.74, 6) is 0. The minimum atomic E-state index is -0.179. The molecule has 15 heavy (non-hydrogen) atoms. The highest BCUT2D eigenvalue weighted by molar-refractivity contribution is 7.16. The predicted molar refractivity (Wildman–Crippen MR) is 68.5 cm³/mol. The van der Waals surface area contributed by atoms with E-state index in [-0.39, 0.29) is 5.38 Å². The molecular formula is C11H7Cl3S. The summed E-state index contributed by atoms with van der Waals surface area (Å²) in [6.07, 6.45) is 0. The van der Waals surface area contributed by atoms with Crippen LogP contribution in [0.4, 0.5) is 0 Å². The van der Waals surface area contributed by atoms with Crippen molar-refractivity contribution in [3.05, 3.63) is 56.2 Å². The molecule has 0 N–H and O–H groups in total. The van der Waals surface area contributed by atoms with Crippen molar-refractivity contribution in [2.75, 3.05) is 0 Å². The summed E-state index contributed by atoms with van der Waals surface area (Å²) < 4.78 is 0.748. The fraction of sp³-hybridized carbons (Fsp3) is 0.0909. The zero-order valence-electron chi connectivity index (χ0n) is 7.58. The molecule has 0 radical (unpaired) electrons. The molecule has 0 bridgehead atoms. The Morgan fingerprint density at radius 3 is 2.47 bits per heavy atom. The summed E-state index contributed by atoms with van der Waals surface area (Å²) in [6, 6.07) is 11.3. The van der Waals surface area contributed by atoms with Gasteiger partial charge in [0, 0.05) is 9.90 Å². The molecule has 0 aliphatic carbocycles. The summed E-state index contributed by atoms with van der Waals surface area (Å²) in [5, 5.41) is 0.516. The summed E-state index contributed by atoms with van der Waals surface area (Å²) in [7, 11) is 0. The SMILES string of the molecule is Clc1cccc(C(Cl)c2ccc(Cl)s2)c1. The maximum absolute atomic E-state index is 6.31. The van der Waals surface area contributed by atoms with Gasteiger partial charge in [0.25, 0.3) is 0 Å². The highest BCUT2D eigenvalue weighted by Crippen LogP contribution is 2.35. The van der Waals surface area contributed by atoms with E-state index in [4.69, 9.17) is 34.8 Å². The lowest BCUT2D eigenvalue weighted by Crippen LogP contribution is -1.89. The molecule has 2 aromatic rings. The van der Waals surface area contributed by atoms with Gasteiger partial charge >= 0.3 is 0 Å². The first kappa shape index (κ1) is 11.3. The second kappa shape index (κ2) is 4.75. The predicted octanol–water partition coefficient (Wildman–Crippen LogP) is 5.38. The van der Waals surface area contributed by atoms with Gasteiger partial charge in [0.1, 0.15) is 0 Å². The number of alkyl halides is 1. The van der Waals surface area contributed by atoms with E-state index in [1.807, 2.05) is 36.4 Å². The van der Waals surface area contributed by atoms with Crippen LogP contribution < -0.4 is 0 Å². The van der Waals surface area contributed by atoms with E-state index in [2.05, 4.69) is 0 Å². The first-order chi connectivity index (χ1) is 7.16. The zero-order valence-corrected chi connectivity index (χ0v) is 10.7. The molecule has 0 aliphatic rings.